The molecule has 2 aliphatic rings. The fraction of sp³-hybridized carbons (Fsp3) is 0.579. The third kappa shape index (κ3) is 5.79. The zero-order valence-corrected chi connectivity index (χ0v) is 15.5. The number of benzene rings is 1. The molecule has 0 spiro atoms. The Morgan fingerprint density at radius 1 is 1.13 bits per heavy atom. The van der Waals surface area contributed by atoms with Crippen molar-refractivity contribution in [3.05, 3.63) is 41.5 Å². The van der Waals surface area contributed by atoms with E-state index in [1.165, 1.54) is 37.7 Å². The van der Waals surface area contributed by atoms with Crippen LogP contribution in [-0.2, 0) is 0 Å². The standard InChI is InChI=1S/C19H28N2.2ClH/c1-2-15(12-14-6-4-3-5-7-14)18-13-19(18)21-17-10-8-16(20)9-11-17;;/h3-7,12,16-19,21H,2,8-11,13,20H2,1H3;2*1H/b15-12+;;/t16?,17?,18-,19+;;/m0../s1. The van der Waals surface area contributed by atoms with Crippen molar-refractivity contribution in [1.82, 2.24) is 5.32 Å². The third-order valence-corrected chi connectivity index (χ3v) is 5.05. The molecule has 0 saturated heterocycles. The van der Waals surface area contributed by atoms with Gasteiger partial charge in [0.1, 0.15) is 0 Å². The first-order chi connectivity index (χ1) is 10.3. The minimum absolute atomic E-state index is 0. The van der Waals surface area contributed by atoms with Crippen LogP contribution in [0.15, 0.2) is 35.9 Å². The second-order valence-corrected chi connectivity index (χ2v) is 6.71. The summed E-state index contributed by atoms with van der Waals surface area (Å²) < 4.78 is 0. The van der Waals surface area contributed by atoms with Gasteiger partial charge < -0.3 is 11.1 Å². The largest absolute Gasteiger partial charge is 0.328 e. The van der Waals surface area contributed by atoms with Gasteiger partial charge in [-0.1, -0.05) is 48.9 Å². The Morgan fingerprint density at radius 2 is 1.78 bits per heavy atom. The lowest BCUT2D eigenvalue weighted by Crippen LogP contribution is -2.38. The maximum Gasteiger partial charge on any atom is 0.0142 e. The van der Waals surface area contributed by atoms with Crippen molar-refractivity contribution in [2.24, 2.45) is 11.7 Å². The lowest BCUT2D eigenvalue weighted by atomic mass is 9.91. The van der Waals surface area contributed by atoms with Gasteiger partial charge in [-0.25, -0.2) is 0 Å². The fourth-order valence-electron chi connectivity index (χ4n) is 3.61. The van der Waals surface area contributed by atoms with Crippen LogP contribution in [0.25, 0.3) is 6.08 Å². The Balaban J connectivity index is 0.00000132. The summed E-state index contributed by atoms with van der Waals surface area (Å²) in [5.74, 6) is 0.755. The molecule has 23 heavy (non-hydrogen) atoms. The molecule has 2 saturated carbocycles. The van der Waals surface area contributed by atoms with Crippen LogP contribution in [0.4, 0.5) is 0 Å². The van der Waals surface area contributed by atoms with Gasteiger partial charge in [0, 0.05) is 18.1 Å². The first-order valence-corrected chi connectivity index (χ1v) is 8.53. The highest BCUT2D eigenvalue weighted by Gasteiger charge is 2.40. The van der Waals surface area contributed by atoms with Crippen molar-refractivity contribution < 1.29 is 0 Å². The molecular formula is C19H30Cl2N2. The van der Waals surface area contributed by atoms with Crippen molar-refractivity contribution in [2.75, 3.05) is 0 Å². The van der Waals surface area contributed by atoms with Crippen molar-refractivity contribution in [2.45, 2.75) is 63.6 Å². The molecule has 0 bridgehead atoms. The predicted molar refractivity (Wildman–Crippen MR) is 104 cm³/mol. The van der Waals surface area contributed by atoms with Crippen LogP contribution < -0.4 is 11.1 Å². The fourth-order valence-corrected chi connectivity index (χ4v) is 3.61. The minimum atomic E-state index is 0. The highest BCUT2D eigenvalue weighted by Crippen LogP contribution is 2.40. The van der Waals surface area contributed by atoms with Crippen molar-refractivity contribution in [1.29, 1.82) is 0 Å². The van der Waals surface area contributed by atoms with E-state index in [0.717, 1.165) is 12.3 Å². The van der Waals surface area contributed by atoms with E-state index in [-0.39, 0.29) is 24.8 Å². The normalized spacial score (nSPS) is 30.1. The molecule has 0 unspecified atom stereocenters. The van der Waals surface area contributed by atoms with E-state index < -0.39 is 0 Å². The zero-order valence-electron chi connectivity index (χ0n) is 13.9. The van der Waals surface area contributed by atoms with Crippen molar-refractivity contribution in [3.8, 4) is 0 Å². The van der Waals surface area contributed by atoms with Gasteiger partial charge in [0.25, 0.3) is 0 Å². The average molecular weight is 357 g/mol. The third-order valence-electron chi connectivity index (χ3n) is 5.05. The Morgan fingerprint density at radius 3 is 2.39 bits per heavy atom. The van der Waals surface area contributed by atoms with Crippen molar-refractivity contribution >= 4 is 30.9 Å². The highest BCUT2D eigenvalue weighted by molar-refractivity contribution is 5.85. The maximum atomic E-state index is 5.99. The maximum absolute atomic E-state index is 5.99. The number of halogens is 2. The lowest BCUT2D eigenvalue weighted by molar-refractivity contribution is 0.338. The summed E-state index contributed by atoms with van der Waals surface area (Å²) in [5.41, 5.74) is 8.93. The summed E-state index contributed by atoms with van der Waals surface area (Å²) in [7, 11) is 0. The predicted octanol–water partition coefficient (Wildman–Crippen LogP) is 4.57. The van der Waals surface area contributed by atoms with Crippen LogP contribution in [0.3, 0.4) is 0 Å². The average Bonchev–Trinajstić information content (AvgIpc) is 3.27. The van der Waals surface area contributed by atoms with E-state index in [1.54, 1.807) is 5.57 Å². The second kappa shape index (κ2) is 9.68. The molecule has 0 radical (unpaired) electrons. The van der Waals surface area contributed by atoms with E-state index in [9.17, 15) is 0 Å². The molecule has 2 aliphatic carbocycles. The molecule has 0 aromatic heterocycles. The van der Waals surface area contributed by atoms with Crippen molar-refractivity contribution in [3.63, 3.8) is 0 Å². The van der Waals surface area contributed by atoms with Crippen LogP contribution in [0.1, 0.15) is 51.0 Å². The Bertz CT molecular complexity index is 481. The van der Waals surface area contributed by atoms with Gasteiger partial charge in [0.05, 0.1) is 0 Å². The molecule has 3 N–H and O–H groups in total. The molecular weight excluding hydrogens is 327 g/mol. The molecule has 0 aliphatic heterocycles. The Kier molecular flexibility index (Phi) is 8.63. The Hall–Kier alpha value is -0.540. The van der Waals surface area contributed by atoms with Gasteiger partial charge >= 0.3 is 0 Å². The lowest BCUT2D eigenvalue weighted by Gasteiger charge is -2.27. The van der Waals surface area contributed by atoms with Gasteiger partial charge in [0.2, 0.25) is 0 Å². The topological polar surface area (TPSA) is 38.0 Å². The summed E-state index contributed by atoms with van der Waals surface area (Å²) in [6, 6.07) is 12.6. The van der Waals surface area contributed by atoms with E-state index >= 15 is 0 Å². The molecule has 1 aromatic rings. The molecule has 2 atom stereocenters. The van der Waals surface area contributed by atoms with E-state index in [2.05, 4.69) is 48.6 Å². The molecule has 0 heterocycles. The first kappa shape index (κ1) is 20.5. The van der Waals surface area contributed by atoms with Gasteiger partial charge in [-0.3, -0.25) is 0 Å². The summed E-state index contributed by atoms with van der Waals surface area (Å²) in [6.45, 7) is 2.28. The van der Waals surface area contributed by atoms with Crippen LogP contribution >= 0.6 is 24.8 Å². The molecule has 2 nitrogen and oxygen atoms in total. The zero-order chi connectivity index (χ0) is 14.7. The van der Waals surface area contributed by atoms with Crippen LogP contribution in [0.5, 0.6) is 0 Å². The molecule has 3 rings (SSSR count). The number of nitrogens with two attached hydrogens (primary N) is 1. The van der Waals surface area contributed by atoms with Crippen LogP contribution in [0, 0.1) is 5.92 Å². The monoisotopic (exact) mass is 356 g/mol. The number of hydrogen-bond donors (Lipinski definition) is 2. The SMILES string of the molecule is CC/C(=C\c1ccccc1)[C@@H]1C[C@H]1NC1CCC(N)CC1.Cl.Cl. The molecule has 2 fully saturated rings. The van der Waals surface area contributed by atoms with Gasteiger partial charge in [-0.05, 0) is 50.0 Å². The number of rotatable bonds is 5. The summed E-state index contributed by atoms with van der Waals surface area (Å²) >= 11 is 0. The summed E-state index contributed by atoms with van der Waals surface area (Å²) in [4.78, 5) is 0. The number of nitrogens with one attached hydrogen (secondary N) is 1. The summed E-state index contributed by atoms with van der Waals surface area (Å²) in [6.07, 6.45) is 9.76. The Labute approximate surface area is 153 Å². The molecule has 130 valence electrons. The van der Waals surface area contributed by atoms with Crippen LogP contribution in [-0.4, -0.2) is 18.1 Å². The van der Waals surface area contributed by atoms with E-state index in [1.807, 2.05) is 0 Å². The molecule has 0 amide bonds. The quantitative estimate of drug-likeness (QED) is 0.810. The number of hydrogen-bond acceptors (Lipinski definition) is 2. The van der Waals surface area contributed by atoms with Gasteiger partial charge in [-0.2, -0.15) is 0 Å². The molecule has 4 heteroatoms. The van der Waals surface area contributed by atoms with Crippen LogP contribution in [0.2, 0.25) is 0 Å². The summed E-state index contributed by atoms with van der Waals surface area (Å²) in [5, 5.41) is 3.87. The highest BCUT2D eigenvalue weighted by atomic mass is 35.5. The van der Waals surface area contributed by atoms with Gasteiger partial charge in [0.15, 0.2) is 0 Å². The minimum Gasteiger partial charge on any atom is -0.328 e. The second-order valence-electron chi connectivity index (χ2n) is 6.71. The molecule has 1 aromatic carbocycles. The first-order valence-electron chi connectivity index (χ1n) is 8.53. The van der Waals surface area contributed by atoms with Gasteiger partial charge in [-0.15, -0.1) is 24.8 Å². The van der Waals surface area contributed by atoms with E-state index in [4.69, 9.17) is 5.73 Å². The smallest absolute Gasteiger partial charge is 0.0142 e. The van der Waals surface area contributed by atoms with E-state index in [0.29, 0.717) is 18.1 Å².